The summed E-state index contributed by atoms with van der Waals surface area (Å²) >= 11 is 0. The Morgan fingerprint density at radius 3 is 2.24 bits per heavy atom. The van der Waals surface area contributed by atoms with Crippen LogP contribution in [0.3, 0.4) is 0 Å². The molecule has 0 aliphatic carbocycles. The first-order chi connectivity index (χ1) is 7.76. The molecule has 0 radical (unpaired) electrons. The summed E-state index contributed by atoms with van der Waals surface area (Å²) in [6, 6.07) is 0. The second kappa shape index (κ2) is 7.27. The lowest BCUT2D eigenvalue weighted by Crippen LogP contribution is -2.40. The lowest BCUT2D eigenvalue weighted by molar-refractivity contribution is -0.118. The van der Waals surface area contributed by atoms with Gasteiger partial charge in [-0.15, -0.1) is 0 Å². The number of rotatable bonds is 6. The van der Waals surface area contributed by atoms with E-state index in [-0.39, 0.29) is 18.9 Å². The maximum absolute atomic E-state index is 11.8. The van der Waals surface area contributed by atoms with Crippen LogP contribution < -0.4 is 0 Å². The number of hydrogen-bond donors (Lipinski definition) is 1. The number of hydrogen-bond acceptors (Lipinski definition) is 4. The van der Waals surface area contributed by atoms with Gasteiger partial charge in [0.15, 0.2) is 0 Å². The van der Waals surface area contributed by atoms with Crippen LogP contribution in [0.4, 0.5) is 4.79 Å². The Balaban J connectivity index is 4.34. The van der Waals surface area contributed by atoms with Gasteiger partial charge in [0, 0.05) is 13.2 Å². The monoisotopic (exact) mass is 245 g/mol. The molecule has 5 nitrogen and oxygen atoms in total. The molecular weight excluding hydrogens is 222 g/mol. The molecule has 0 saturated carbocycles. The van der Waals surface area contributed by atoms with E-state index in [1.165, 1.54) is 11.8 Å². The van der Waals surface area contributed by atoms with E-state index >= 15 is 0 Å². The number of Topliss-reactive ketones (excluding diaryl/α,β-unsaturated/α-hetero) is 1. The van der Waals surface area contributed by atoms with Crippen LogP contribution in [0.25, 0.3) is 0 Å². The van der Waals surface area contributed by atoms with E-state index in [0.29, 0.717) is 19.4 Å². The summed E-state index contributed by atoms with van der Waals surface area (Å²) < 4.78 is 5.20. The van der Waals surface area contributed by atoms with Crippen molar-refractivity contribution in [1.82, 2.24) is 4.90 Å². The van der Waals surface area contributed by atoms with Crippen molar-refractivity contribution < 1.29 is 19.4 Å². The van der Waals surface area contributed by atoms with Crippen molar-refractivity contribution in [2.45, 2.75) is 46.1 Å². The molecule has 0 heterocycles. The molecule has 0 fully saturated rings. The van der Waals surface area contributed by atoms with Gasteiger partial charge in [0.2, 0.25) is 0 Å². The van der Waals surface area contributed by atoms with Gasteiger partial charge in [-0.05, 0) is 40.5 Å². The lowest BCUT2D eigenvalue weighted by atomic mass is 10.2. The Labute approximate surface area is 103 Å². The van der Waals surface area contributed by atoms with E-state index < -0.39 is 11.7 Å². The maximum atomic E-state index is 11.8. The number of ether oxygens (including phenoxy) is 1. The van der Waals surface area contributed by atoms with Crippen molar-refractivity contribution in [3.05, 3.63) is 0 Å². The van der Waals surface area contributed by atoms with Crippen molar-refractivity contribution in [2.24, 2.45) is 0 Å². The number of aliphatic hydroxyl groups excluding tert-OH is 1. The highest BCUT2D eigenvalue weighted by atomic mass is 16.6. The second-order valence-corrected chi connectivity index (χ2v) is 5.03. The second-order valence-electron chi connectivity index (χ2n) is 5.03. The molecule has 0 unspecified atom stereocenters. The number of aliphatic hydroxyl groups is 1. The van der Waals surface area contributed by atoms with Crippen molar-refractivity contribution in [3.8, 4) is 0 Å². The zero-order chi connectivity index (χ0) is 13.5. The van der Waals surface area contributed by atoms with Gasteiger partial charge in [0.25, 0.3) is 0 Å². The summed E-state index contributed by atoms with van der Waals surface area (Å²) in [6.07, 6.45) is 0.783. The fraction of sp³-hybridized carbons (Fsp3) is 0.833. The number of carbonyl (C=O) groups is 2. The predicted molar refractivity (Wildman–Crippen MR) is 64.8 cm³/mol. The summed E-state index contributed by atoms with van der Waals surface area (Å²) in [5.41, 5.74) is -0.566. The summed E-state index contributed by atoms with van der Waals surface area (Å²) in [7, 11) is 0. The molecule has 0 aromatic rings. The van der Waals surface area contributed by atoms with Crippen molar-refractivity contribution in [1.29, 1.82) is 0 Å². The normalized spacial score (nSPS) is 11.1. The minimum absolute atomic E-state index is 0.0559. The summed E-state index contributed by atoms with van der Waals surface area (Å²) in [4.78, 5) is 24.2. The molecule has 1 N–H and O–H groups in total. The minimum Gasteiger partial charge on any atom is -0.444 e. The molecule has 0 aliphatic rings. The molecule has 1 amide bonds. The molecule has 0 bridgehead atoms. The molecule has 5 heteroatoms. The SMILES string of the molecule is CC(=O)CN(CCCCO)C(=O)OC(C)(C)C. The molecule has 17 heavy (non-hydrogen) atoms. The van der Waals surface area contributed by atoms with Crippen LogP contribution in [0.2, 0.25) is 0 Å². The van der Waals surface area contributed by atoms with E-state index in [0.717, 1.165) is 0 Å². The quantitative estimate of drug-likeness (QED) is 0.721. The Morgan fingerprint density at radius 2 is 1.82 bits per heavy atom. The highest BCUT2D eigenvalue weighted by Crippen LogP contribution is 2.10. The first-order valence-electron chi connectivity index (χ1n) is 5.84. The Hall–Kier alpha value is -1.10. The van der Waals surface area contributed by atoms with Gasteiger partial charge in [0.05, 0.1) is 6.54 Å². The Kier molecular flexibility index (Phi) is 6.80. The molecular formula is C12H23NO4. The van der Waals surface area contributed by atoms with E-state index in [9.17, 15) is 9.59 Å². The first kappa shape index (κ1) is 15.9. The number of carbonyl (C=O) groups excluding carboxylic acids is 2. The third kappa shape index (κ3) is 8.68. The third-order valence-electron chi connectivity index (χ3n) is 1.90. The van der Waals surface area contributed by atoms with Gasteiger partial charge >= 0.3 is 6.09 Å². The maximum Gasteiger partial charge on any atom is 0.410 e. The topological polar surface area (TPSA) is 66.8 Å². The zero-order valence-electron chi connectivity index (χ0n) is 11.2. The largest absolute Gasteiger partial charge is 0.444 e. The fourth-order valence-electron chi connectivity index (χ4n) is 1.24. The van der Waals surface area contributed by atoms with E-state index in [1.54, 1.807) is 20.8 Å². The molecule has 100 valence electrons. The average Bonchev–Trinajstić information content (AvgIpc) is 2.13. The molecule has 0 aromatic heterocycles. The van der Waals surface area contributed by atoms with Gasteiger partial charge in [0.1, 0.15) is 11.4 Å². The Morgan fingerprint density at radius 1 is 1.24 bits per heavy atom. The van der Waals surface area contributed by atoms with Crippen LogP contribution in [-0.2, 0) is 9.53 Å². The number of nitrogens with zero attached hydrogens (tertiary/aromatic N) is 1. The minimum atomic E-state index is -0.566. The average molecular weight is 245 g/mol. The Bertz CT molecular complexity index is 258. The first-order valence-corrected chi connectivity index (χ1v) is 5.84. The summed E-state index contributed by atoms with van der Waals surface area (Å²) in [5, 5.41) is 8.68. The summed E-state index contributed by atoms with van der Waals surface area (Å²) in [5.74, 6) is -0.0835. The molecule has 0 saturated heterocycles. The van der Waals surface area contributed by atoms with E-state index in [1.807, 2.05) is 0 Å². The van der Waals surface area contributed by atoms with E-state index in [2.05, 4.69) is 0 Å². The standard InChI is InChI=1S/C12H23NO4/c1-10(15)9-13(7-5-6-8-14)11(16)17-12(2,3)4/h14H,5-9H2,1-4H3. The highest BCUT2D eigenvalue weighted by molar-refractivity contribution is 5.82. The van der Waals surface area contributed by atoms with Crippen LogP contribution >= 0.6 is 0 Å². The van der Waals surface area contributed by atoms with Crippen LogP contribution in [0.1, 0.15) is 40.5 Å². The molecule has 0 spiro atoms. The highest BCUT2D eigenvalue weighted by Gasteiger charge is 2.22. The van der Waals surface area contributed by atoms with Crippen molar-refractivity contribution >= 4 is 11.9 Å². The fourth-order valence-corrected chi connectivity index (χ4v) is 1.24. The van der Waals surface area contributed by atoms with Gasteiger partial charge < -0.3 is 14.7 Å². The number of unbranched alkanes of at least 4 members (excludes halogenated alkanes) is 1. The lowest BCUT2D eigenvalue weighted by Gasteiger charge is -2.26. The van der Waals surface area contributed by atoms with Crippen LogP contribution in [0, 0.1) is 0 Å². The van der Waals surface area contributed by atoms with E-state index in [4.69, 9.17) is 9.84 Å². The predicted octanol–water partition coefficient (Wildman–Crippen LogP) is 1.59. The van der Waals surface area contributed by atoms with Crippen molar-refractivity contribution in [2.75, 3.05) is 19.7 Å². The molecule has 0 atom stereocenters. The summed E-state index contributed by atoms with van der Waals surface area (Å²) in [6.45, 7) is 7.35. The van der Waals surface area contributed by atoms with Gasteiger partial charge in [-0.2, -0.15) is 0 Å². The van der Waals surface area contributed by atoms with Crippen LogP contribution in [0.15, 0.2) is 0 Å². The molecule has 0 aromatic carbocycles. The smallest absolute Gasteiger partial charge is 0.410 e. The van der Waals surface area contributed by atoms with Crippen LogP contribution in [-0.4, -0.2) is 47.2 Å². The van der Waals surface area contributed by atoms with Crippen LogP contribution in [0.5, 0.6) is 0 Å². The number of ketones is 1. The van der Waals surface area contributed by atoms with Crippen molar-refractivity contribution in [3.63, 3.8) is 0 Å². The van der Waals surface area contributed by atoms with Gasteiger partial charge in [-0.1, -0.05) is 0 Å². The van der Waals surface area contributed by atoms with Gasteiger partial charge in [-0.25, -0.2) is 4.79 Å². The molecule has 0 aliphatic heterocycles. The molecule has 0 rings (SSSR count). The number of amides is 1. The zero-order valence-corrected chi connectivity index (χ0v) is 11.2. The van der Waals surface area contributed by atoms with Gasteiger partial charge in [-0.3, -0.25) is 4.79 Å². The third-order valence-corrected chi connectivity index (χ3v) is 1.90.